The zero-order chi connectivity index (χ0) is 6.91. The van der Waals surface area contributed by atoms with E-state index in [2.05, 4.69) is 28.7 Å². The minimum Gasteiger partial charge on any atom is -0.341 e. The van der Waals surface area contributed by atoms with Crippen LogP contribution in [0.1, 0.15) is 0 Å². The summed E-state index contributed by atoms with van der Waals surface area (Å²) in [5, 5.41) is 1.27. The third-order valence-electron chi connectivity index (χ3n) is 1.13. The molecule has 1 heterocycles. The quantitative estimate of drug-likeness (QED) is 0.635. The van der Waals surface area contributed by atoms with Crippen molar-refractivity contribution in [3.63, 3.8) is 0 Å². The number of rotatable bonds is 1. The molecule has 0 spiro atoms. The zero-order valence-corrected chi connectivity index (χ0v) is 6.83. The highest BCUT2D eigenvalue weighted by molar-refractivity contribution is 8.32. The molecule has 1 rings (SSSR count). The number of aromatic amines is 1. The zero-order valence-electron chi connectivity index (χ0n) is 6.01. The molecule has 3 heteroatoms. The summed E-state index contributed by atoms with van der Waals surface area (Å²) < 4.78 is 0. The van der Waals surface area contributed by atoms with Crippen LogP contribution in [0.3, 0.4) is 0 Å². The van der Waals surface area contributed by atoms with Gasteiger partial charge in [-0.15, -0.1) is 0 Å². The van der Waals surface area contributed by atoms with E-state index >= 15 is 0 Å². The van der Waals surface area contributed by atoms with Gasteiger partial charge >= 0.3 is 0 Å². The number of H-pyrrole nitrogens is 1. The molecule has 2 nitrogen and oxygen atoms in total. The van der Waals surface area contributed by atoms with Crippen molar-refractivity contribution in [2.75, 3.05) is 18.8 Å². The first-order chi connectivity index (χ1) is 4.11. The fourth-order valence-electron chi connectivity index (χ4n) is 0.578. The lowest BCUT2D eigenvalue weighted by Crippen LogP contribution is -1.91. The van der Waals surface area contributed by atoms with Crippen LogP contribution < -0.4 is 0 Å². The molecule has 0 aliphatic rings. The molecule has 0 saturated heterocycles. The second kappa shape index (κ2) is 2.06. The highest BCUT2D eigenvalue weighted by atomic mass is 32.3. The Bertz CT molecular complexity index is 173. The predicted molar refractivity (Wildman–Crippen MR) is 42.2 cm³/mol. The van der Waals surface area contributed by atoms with Crippen LogP contribution in [-0.2, 0) is 0 Å². The lowest BCUT2D eigenvalue weighted by Gasteiger charge is -2.22. The molecule has 9 heavy (non-hydrogen) atoms. The molecule has 0 atom stereocenters. The topological polar surface area (TPSA) is 28.7 Å². The first-order valence-corrected chi connectivity index (χ1v) is 5.63. The molecule has 0 fully saturated rings. The Balaban J connectivity index is 2.90. The van der Waals surface area contributed by atoms with Gasteiger partial charge < -0.3 is 4.98 Å². The summed E-state index contributed by atoms with van der Waals surface area (Å²) >= 11 is 0. The van der Waals surface area contributed by atoms with Gasteiger partial charge in [0.05, 0.1) is 17.6 Å². The van der Waals surface area contributed by atoms with E-state index in [9.17, 15) is 0 Å². The maximum atomic E-state index is 3.95. The molecule has 0 bridgehead atoms. The molecule has 0 aliphatic heterocycles. The van der Waals surface area contributed by atoms with Gasteiger partial charge in [-0.25, -0.2) is 15.0 Å². The van der Waals surface area contributed by atoms with Crippen molar-refractivity contribution < 1.29 is 0 Å². The average molecular weight is 144 g/mol. The van der Waals surface area contributed by atoms with E-state index in [0.717, 1.165) is 0 Å². The molecule has 0 aliphatic carbocycles. The van der Waals surface area contributed by atoms with Gasteiger partial charge in [0.2, 0.25) is 0 Å². The number of nitrogens with zero attached hydrogens (tertiary/aromatic N) is 1. The summed E-state index contributed by atoms with van der Waals surface area (Å²) in [6.45, 7) is 0. The summed E-state index contributed by atoms with van der Waals surface area (Å²) in [5.74, 6) is 0. The highest BCUT2D eigenvalue weighted by Crippen LogP contribution is 2.42. The molecular weight excluding hydrogens is 132 g/mol. The van der Waals surface area contributed by atoms with Crippen LogP contribution in [0.25, 0.3) is 0 Å². The van der Waals surface area contributed by atoms with Gasteiger partial charge in [0.15, 0.2) is 0 Å². The minimum atomic E-state index is -0.578. The maximum absolute atomic E-state index is 3.95. The van der Waals surface area contributed by atoms with E-state index < -0.39 is 10.0 Å². The van der Waals surface area contributed by atoms with Gasteiger partial charge in [-0.1, -0.05) is 0 Å². The molecule has 0 unspecified atom stereocenters. The maximum Gasteiger partial charge on any atom is 0.0928 e. The molecule has 52 valence electrons. The summed E-state index contributed by atoms with van der Waals surface area (Å²) in [5.41, 5.74) is 0. The van der Waals surface area contributed by atoms with E-state index in [4.69, 9.17) is 0 Å². The van der Waals surface area contributed by atoms with Crippen LogP contribution in [0.2, 0.25) is 0 Å². The summed E-state index contributed by atoms with van der Waals surface area (Å²) in [4.78, 5) is 7.06. The predicted octanol–water partition coefficient (Wildman–Crippen LogP) is 1.46. The van der Waals surface area contributed by atoms with Crippen LogP contribution in [0.15, 0.2) is 17.6 Å². The molecule has 0 amide bonds. The smallest absolute Gasteiger partial charge is 0.0928 e. The standard InChI is InChI=1S/C6H12N2S/c1-9(2,3)6-4-7-5-8-6/h4-5H,1-3H3,(H,7,8). The number of imidazole rings is 1. The van der Waals surface area contributed by atoms with Crippen molar-refractivity contribution in [2.24, 2.45) is 0 Å². The summed E-state index contributed by atoms with van der Waals surface area (Å²) in [6.07, 6.45) is 10.3. The fraction of sp³-hybridized carbons (Fsp3) is 0.500. The molecule has 0 saturated carbocycles. The number of hydrogen-bond acceptors (Lipinski definition) is 1. The molecule has 0 radical (unpaired) electrons. The van der Waals surface area contributed by atoms with Crippen molar-refractivity contribution in [1.82, 2.24) is 9.97 Å². The van der Waals surface area contributed by atoms with Crippen LogP contribution >= 0.6 is 10.0 Å². The van der Waals surface area contributed by atoms with Gasteiger partial charge in [0.1, 0.15) is 0 Å². The van der Waals surface area contributed by atoms with Crippen LogP contribution in [0.5, 0.6) is 0 Å². The normalized spacial score (nSPS) is 13.7. The first-order valence-electron chi connectivity index (χ1n) is 2.77. The fourth-order valence-corrected chi connectivity index (χ4v) is 1.36. The van der Waals surface area contributed by atoms with Crippen molar-refractivity contribution in [3.8, 4) is 0 Å². The Labute approximate surface area is 57.0 Å². The second-order valence-corrected chi connectivity index (χ2v) is 6.87. The first kappa shape index (κ1) is 6.68. The van der Waals surface area contributed by atoms with Crippen LogP contribution in [0, 0.1) is 0 Å². The van der Waals surface area contributed by atoms with E-state index in [1.54, 1.807) is 6.33 Å². The van der Waals surface area contributed by atoms with Crippen molar-refractivity contribution >= 4 is 10.0 Å². The van der Waals surface area contributed by atoms with Crippen molar-refractivity contribution in [1.29, 1.82) is 0 Å². The van der Waals surface area contributed by atoms with Gasteiger partial charge in [-0.2, -0.15) is 0 Å². The lowest BCUT2D eigenvalue weighted by atomic mass is 10.9. The van der Waals surface area contributed by atoms with Crippen LogP contribution in [-0.4, -0.2) is 28.7 Å². The van der Waals surface area contributed by atoms with Crippen molar-refractivity contribution in [3.05, 3.63) is 12.5 Å². The lowest BCUT2D eigenvalue weighted by molar-refractivity contribution is 1.19. The van der Waals surface area contributed by atoms with E-state index in [-0.39, 0.29) is 0 Å². The Kier molecular flexibility index (Phi) is 1.53. The molecule has 1 N–H and O–H groups in total. The van der Waals surface area contributed by atoms with Crippen molar-refractivity contribution in [2.45, 2.75) is 5.03 Å². The summed E-state index contributed by atoms with van der Waals surface area (Å²) in [7, 11) is -0.578. The number of aromatic nitrogens is 2. The highest BCUT2D eigenvalue weighted by Gasteiger charge is 2.07. The van der Waals surface area contributed by atoms with Crippen LogP contribution in [0.4, 0.5) is 0 Å². The number of nitrogens with one attached hydrogen (secondary N) is 1. The van der Waals surface area contributed by atoms with Gasteiger partial charge in [0, 0.05) is 0 Å². The Hall–Kier alpha value is -0.440. The van der Waals surface area contributed by atoms with Gasteiger partial charge in [-0.3, -0.25) is 0 Å². The van der Waals surface area contributed by atoms with E-state index in [0.29, 0.717) is 0 Å². The largest absolute Gasteiger partial charge is 0.341 e. The van der Waals surface area contributed by atoms with Gasteiger partial charge in [-0.05, 0) is 18.8 Å². The molecule has 1 aromatic heterocycles. The van der Waals surface area contributed by atoms with Gasteiger partial charge in [0.25, 0.3) is 0 Å². The Morgan fingerprint density at radius 3 is 2.33 bits per heavy atom. The molecule has 1 aromatic rings. The molecular formula is C6H12N2S. The SMILES string of the molecule is CS(C)(C)c1cnc[nH]1. The summed E-state index contributed by atoms with van der Waals surface area (Å²) in [6, 6.07) is 0. The Morgan fingerprint density at radius 1 is 1.44 bits per heavy atom. The second-order valence-electron chi connectivity index (χ2n) is 2.75. The average Bonchev–Trinajstić information content (AvgIpc) is 2.08. The van der Waals surface area contributed by atoms with E-state index in [1.165, 1.54) is 5.03 Å². The minimum absolute atomic E-state index is 0.578. The molecule has 0 aromatic carbocycles. The third-order valence-corrected chi connectivity index (χ3v) is 2.68. The Morgan fingerprint density at radius 2 is 2.11 bits per heavy atom. The monoisotopic (exact) mass is 144 g/mol. The van der Waals surface area contributed by atoms with E-state index in [1.807, 2.05) is 6.20 Å². The number of hydrogen-bond donors (Lipinski definition) is 1. The third kappa shape index (κ3) is 1.48.